The van der Waals surface area contributed by atoms with Crippen LogP contribution in [0.4, 0.5) is 13.2 Å². The zero-order chi connectivity index (χ0) is 23.3. The molecule has 9 heteroatoms. The molecule has 2 aromatic rings. The summed E-state index contributed by atoms with van der Waals surface area (Å²) in [5.74, 6) is 0.715. The van der Waals surface area contributed by atoms with E-state index < -0.39 is 11.7 Å². The minimum absolute atomic E-state index is 0.0685. The molecule has 0 saturated carbocycles. The van der Waals surface area contributed by atoms with Crippen LogP contribution in [0.15, 0.2) is 42.5 Å². The Bertz CT molecular complexity index is 961. The SMILES string of the molecule is COc1ccc(CC(=O)N2CCCN(C(=O)c3ccc(C(F)(F)F)cc3)CC2)cc1OC. The number of methoxy groups -OCH3 is 2. The summed E-state index contributed by atoms with van der Waals surface area (Å²) in [5.41, 5.74) is 0.189. The minimum atomic E-state index is -4.45. The zero-order valence-corrected chi connectivity index (χ0v) is 17.9. The van der Waals surface area contributed by atoms with Gasteiger partial charge in [-0.25, -0.2) is 0 Å². The molecule has 0 bridgehead atoms. The fourth-order valence-corrected chi connectivity index (χ4v) is 3.63. The van der Waals surface area contributed by atoms with Crippen molar-refractivity contribution < 1.29 is 32.2 Å². The molecule has 0 radical (unpaired) electrons. The molecule has 1 fully saturated rings. The summed E-state index contributed by atoms with van der Waals surface area (Å²) >= 11 is 0. The molecule has 2 amide bonds. The molecule has 1 aliphatic rings. The van der Waals surface area contributed by atoms with Crippen molar-refractivity contribution in [3.8, 4) is 11.5 Å². The molecule has 172 valence electrons. The topological polar surface area (TPSA) is 59.1 Å². The van der Waals surface area contributed by atoms with Crippen LogP contribution in [0.5, 0.6) is 11.5 Å². The van der Waals surface area contributed by atoms with Crippen molar-refractivity contribution in [2.24, 2.45) is 0 Å². The van der Waals surface area contributed by atoms with Crippen molar-refractivity contribution in [3.05, 3.63) is 59.2 Å². The highest BCUT2D eigenvalue weighted by molar-refractivity contribution is 5.94. The third-order valence-corrected chi connectivity index (χ3v) is 5.40. The molecular weight excluding hydrogens is 425 g/mol. The molecule has 3 rings (SSSR count). The number of rotatable bonds is 5. The van der Waals surface area contributed by atoms with E-state index in [-0.39, 0.29) is 23.8 Å². The van der Waals surface area contributed by atoms with Crippen LogP contribution in [0.1, 0.15) is 27.9 Å². The molecule has 1 heterocycles. The van der Waals surface area contributed by atoms with E-state index in [2.05, 4.69) is 0 Å². The number of nitrogens with zero attached hydrogens (tertiary/aromatic N) is 2. The third kappa shape index (κ3) is 5.52. The number of carbonyl (C=O) groups excluding carboxylic acids is 2. The Morgan fingerprint density at radius 1 is 0.875 bits per heavy atom. The number of carbonyl (C=O) groups is 2. The number of halogens is 3. The van der Waals surface area contributed by atoms with Gasteiger partial charge >= 0.3 is 6.18 Å². The maximum absolute atomic E-state index is 12.8. The van der Waals surface area contributed by atoms with Crippen molar-refractivity contribution in [2.45, 2.75) is 19.0 Å². The van der Waals surface area contributed by atoms with Gasteiger partial charge in [-0.15, -0.1) is 0 Å². The fourth-order valence-electron chi connectivity index (χ4n) is 3.63. The van der Waals surface area contributed by atoms with E-state index in [4.69, 9.17) is 9.47 Å². The Balaban J connectivity index is 1.61. The molecule has 0 aliphatic carbocycles. The van der Waals surface area contributed by atoms with Crippen molar-refractivity contribution in [2.75, 3.05) is 40.4 Å². The van der Waals surface area contributed by atoms with E-state index in [9.17, 15) is 22.8 Å². The van der Waals surface area contributed by atoms with Crippen molar-refractivity contribution >= 4 is 11.8 Å². The van der Waals surface area contributed by atoms with Crippen LogP contribution >= 0.6 is 0 Å². The number of amides is 2. The Hall–Kier alpha value is -3.23. The van der Waals surface area contributed by atoms with Gasteiger partial charge in [-0.2, -0.15) is 13.2 Å². The molecular formula is C23H25F3N2O4. The Morgan fingerprint density at radius 2 is 1.50 bits per heavy atom. The van der Waals surface area contributed by atoms with Gasteiger partial charge in [0.15, 0.2) is 11.5 Å². The van der Waals surface area contributed by atoms with Gasteiger partial charge in [0.05, 0.1) is 26.2 Å². The highest BCUT2D eigenvalue weighted by Crippen LogP contribution is 2.29. The molecule has 0 aromatic heterocycles. The number of benzene rings is 2. The van der Waals surface area contributed by atoms with Crippen molar-refractivity contribution in [1.82, 2.24) is 9.80 Å². The number of alkyl halides is 3. The first-order valence-corrected chi connectivity index (χ1v) is 10.2. The molecule has 32 heavy (non-hydrogen) atoms. The van der Waals surface area contributed by atoms with E-state index in [0.717, 1.165) is 17.7 Å². The zero-order valence-electron chi connectivity index (χ0n) is 17.9. The second kappa shape index (κ2) is 9.93. The highest BCUT2D eigenvalue weighted by atomic mass is 19.4. The average Bonchev–Trinajstić information content (AvgIpc) is 3.04. The predicted octanol–water partition coefficient (Wildman–Crippen LogP) is 3.64. The molecule has 2 aromatic carbocycles. The summed E-state index contributed by atoms with van der Waals surface area (Å²) in [6.07, 6.45) is -3.67. The second-order valence-electron chi connectivity index (χ2n) is 7.47. The molecule has 1 aliphatic heterocycles. The quantitative estimate of drug-likeness (QED) is 0.698. The van der Waals surface area contributed by atoms with Crippen molar-refractivity contribution in [3.63, 3.8) is 0 Å². The minimum Gasteiger partial charge on any atom is -0.493 e. The highest BCUT2D eigenvalue weighted by Gasteiger charge is 2.30. The summed E-state index contributed by atoms with van der Waals surface area (Å²) in [6, 6.07) is 9.50. The largest absolute Gasteiger partial charge is 0.493 e. The van der Waals surface area contributed by atoms with Crippen LogP contribution in [0, 0.1) is 0 Å². The lowest BCUT2D eigenvalue weighted by Crippen LogP contribution is -2.38. The smallest absolute Gasteiger partial charge is 0.416 e. The summed E-state index contributed by atoms with van der Waals surface area (Å²) in [5, 5.41) is 0. The molecule has 1 saturated heterocycles. The summed E-state index contributed by atoms with van der Waals surface area (Å²) in [7, 11) is 3.07. The van der Waals surface area contributed by atoms with Gasteiger partial charge in [0, 0.05) is 31.7 Å². The predicted molar refractivity (Wildman–Crippen MR) is 112 cm³/mol. The monoisotopic (exact) mass is 450 g/mol. The van der Waals surface area contributed by atoms with Crippen LogP contribution in [0.3, 0.4) is 0 Å². The van der Waals surface area contributed by atoms with Gasteiger partial charge < -0.3 is 19.3 Å². The van der Waals surface area contributed by atoms with E-state index in [1.807, 2.05) is 0 Å². The van der Waals surface area contributed by atoms with E-state index in [1.54, 1.807) is 28.0 Å². The number of ether oxygens (including phenoxy) is 2. The maximum atomic E-state index is 12.8. The normalized spacial score (nSPS) is 14.7. The van der Waals surface area contributed by atoms with Gasteiger partial charge in [-0.3, -0.25) is 9.59 Å². The first-order chi connectivity index (χ1) is 15.2. The lowest BCUT2D eigenvalue weighted by atomic mass is 10.1. The second-order valence-corrected chi connectivity index (χ2v) is 7.47. The van der Waals surface area contributed by atoms with Gasteiger partial charge in [0.25, 0.3) is 5.91 Å². The first-order valence-electron chi connectivity index (χ1n) is 10.2. The molecule has 0 atom stereocenters. The Morgan fingerprint density at radius 3 is 2.12 bits per heavy atom. The van der Waals surface area contributed by atoms with Gasteiger partial charge in [-0.05, 0) is 48.4 Å². The lowest BCUT2D eigenvalue weighted by Gasteiger charge is -2.22. The van der Waals surface area contributed by atoms with Crippen LogP contribution in [0.25, 0.3) is 0 Å². The van der Waals surface area contributed by atoms with E-state index in [0.29, 0.717) is 44.1 Å². The standard InChI is InChI=1S/C23H25F3N2O4/c1-31-19-9-4-16(14-20(19)32-2)15-21(29)27-10-3-11-28(13-12-27)22(30)17-5-7-18(8-6-17)23(24,25)26/h4-9,14H,3,10-13,15H2,1-2H3. The molecule has 0 unspecified atom stereocenters. The molecule has 6 nitrogen and oxygen atoms in total. The summed E-state index contributed by atoms with van der Waals surface area (Å²) < 4.78 is 48.7. The number of hydrogen-bond donors (Lipinski definition) is 0. The lowest BCUT2D eigenvalue weighted by molar-refractivity contribution is -0.137. The molecule has 0 spiro atoms. The van der Waals surface area contributed by atoms with Gasteiger partial charge in [0.2, 0.25) is 5.91 Å². The first kappa shape index (κ1) is 23.4. The van der Waals surface area contributed by atoms with E-state index >= 15 is 0 Å². The Kier molecular flexibility index (Phi) is 7.27. The van der Waals surface area contributed by atoms with Crippen LogP contribution in [-0.2, 0) is 17.4 Å². The van der Waals surface area contributed by atoms with E-state index in [1.165, 1.54) is 26.4 Å². The summed E-state index contributed by atoms with van der Waals surface area (Å²) in [4.78, 5) is 28.8. The van der Waals surface area contributed by atoms with Crippen LogP contribution in [0.2, 0.25) is 0 Å². The third-order valence-electron chi connectivity index (χ3n) is 5.40. The maximum Gasteiger partial charge on any atom is 0.416 e. The number of hydrogen-bond acceptors (Lipinski definition) is 4. The van der Waals surface area contributed by atoms with Crippen molar-refractivity contribution in [1.29, 1.82) is 0 Å². The molecule has 0 N–H and O–H groups in total. The fraction of sp³-hybridized carbons (Fsp3) is 0.391. The van der Waals surface area contributed by atoms with Crippen LogP contribution < -0.4 is 9.47 Å². The van der Waals surface area contributed by atoms with Gasteiger partial charge in [-0.1, -0.05) is 6.07 Å². The van der Waals surface area contributed by atoms with Crippen LogP contribution in [-0.4, -0.2) is 62.0 Å². The summed E-state index contributed by atoms with van der Waals surface area (Å²) in [6.45, 7) is 1.61. The average molecular weight is 450 g/mol. The van der Waals surface area contributed by atoms with Gasteiger partial charge in [0.1, 0.15) is 0 Å². The Labute approximate surface area is 184 Å².